The summed E-state index contributed by atoms with van der Waals surface area (Å²) in [4.78, 5) is 0. The molecule has 0 radical (unpaired) electrons. The van der Waals surface area contributed by atoms with Gasteiger partial charge >= 0.3 is 0 Å². The van der Waals surface area contributed by atoms with E-state index in [0.717, 1.165) is 12.0 Å². The van der Waals surface area contributed by atoms with Gasteiger partial charge in [0.15, 0.2) is 0 Å². The van der Waals surface area contributed by atoms with Crippen molar-refractivity contribution in [2.75, 3.05) is 6.54 Å². The summed E-state index contributed by atoms with van der Waals surface area (Å²) >= 11 is 0. The third-order valence-electron chi connectivity index (χ3n) is 2.60. The molecule has 3 atom stereocenters. The molecular weight excluding hydrogens is 148 g/mol. The van der Waals surface area contributed by atoms with E-state index in [1.54, 1.807) is 0 Å². The number of nitrogens with two attached hydrogens (primary N) is 1. The maximum atomic E-state index is 5.65. The molecule has 0 heterocycles. The minimum Gasteiger partial charge on any atom is -0.328 e. The van der Waals surface area contributed by atoms with Crippen LogP contribution in [0.2, 0.25) is 0 Å². The molecule has 0 spiro atoms. The lowest BCUT2D eigenvalue weighted by atomic mass is 10.1. The molecule has 2 heteroatoms. The quantitative estimate of drug-likeness (QED) is 0.593. The van der Waals surface area contributed by atoms with Gasteiger partial charge in [-0.15, -0.1) is 0 Å². The Bertz CT molecular complexity index is 123. The molecule has 12 heavy (non-hydrogen) atoms. The van der Waals surface area contributed by atoms with Crippen molar-refractivity contribution in [1.29, 1.82) is 0 Å². The molecule has 2 nitrogen and oxygen atoms in total. The number of rotatable bonds is 6. The van der Waals surface area contributed by atoms with Crippen LogP contribution in [0.3, 0.4) is 0 Å². The number of hydrogen-bond donors (Lipinski definition) is 2. The fourth-order valence-electron chi connectivity index (χ4n) is 1.49. The highest BCUT2D eigenvalue weighted by Gasteiger charge is 2.31. The molecule has 0 aromatic carbocycles. The molecule has 0 aromatic rings. The van der Waals surface area contributed by atoms with Crippen LogP contribution < -0.4 is 11.1 Å². The summed E-state index contributed by atoms with van der Waals surface area (Å²) in [6.07, 6.45) is 5.10. The Hall–Kier alpha value is -0.0800. The van der Waals surface area contributed by atoms with Gasteiger partial charge in [-0.3, -0.25) is 0 Å². The molecule has 0 aliphatic heterocycles. The molecule has 1 rings (SSSR count). The third-order valence-corrected chi connectivity index (χ3v) is 2.60. The van der Waals surface area contributed by atoms with Gasteiger partial charge in [-0.1, -0.05) is 13.3 Å². The van der Waals surface area contributed by atoms with Crippen LogP contribution in [0.15, 0.2) is 0 Å². The highest BCUT2D eigenvalue weighted by molar-refractivity contribution is 4.89. The van der Waals surface area contributed by atoms with Gasteiger partial charge in [-0.2, -0.15) is 0 Å². The predicted octanol–water partition coefficient (Wildman–Crippen LogP) is 1.50. The van der Waals surface area contributed by atoms with E-state index in [0.29, 0.717) is 6.04 Å². The van der Waals surface area contributed by atoms with Crippen LogP contribution in [-0.2, 0) is 0 Å². The van der Waals surface area contributed by atoms with Gasteiger partial charge in [0.2, 0.25) is 0 Å². The van der Waals surface area contributed by atoms with Crippen molar-refractivity contribution in [2.45, 2.75) is 51.6 Å². The van der Waals surface area contributed by atoms with E-state index in [1.165, 1.54) is 32.2 Å². The van der Waals surface area contributed by atoms with E-state index < -0.39 is 0 Å². The third kappa shape index (κ3) is 4.07. The normalized spacial score (nSPS) is 30.2. The van der Waals surface area contributed by atoms with Gasteiger partial charge in [0.1, 0.15) is 0 Å². The first kappa shape index (κ1) is 10.0. The molecule has 0 bridgehead atoms. The van der Waals surface area contributed by atoms with E-state index in [2.05, 4.69) is 19.2 Å². The standard InChI is InChI=1S/C10H22N2/c1-8-7-10(8)12-6-4-3-5-9(2)11/h8-10,12H,3-7,11H2,1-2H3. The first-order valence-electron chi connectivity index (χ1n) is 5.19. The molecule has 1 aliphatic rings. The zero-order chi connectivity index (χ0) is 8.97. The summed E-state index contributed by atoms with van der Waals surface area (Å²) in [6, 6.07) is 1.21. The zero-order valence-electron chi connectivity index (χ0n) is 8.34. The van der Waals surface area contributed by atoms with Crippen molar-refractivity contribution >= 4 is 0 Å². The van der Waals surface area contributed by atoms with Gasteiger partial charge < -0.3 is 11.1 Å². The topological polar surface area (TPSA) is 38.0 Å². The number of nitrogens with one attached hydrogen (secondary N) is 1. The summed E-state index contributed by atoms with van der Waals surface area (Å²) in [5.74, 6) is 0.929. The summed E-state index contributed by atoms with van der Waals surface area (Å²) in [6.45, 7) is 5.57. The van der Waals surface area contributed by atoms with Gasteiger partial charge in [0.25, 0.3) is 0 Å². The molecular formula is C10H22N2. The molecule has 1 saturated carbocycles. The maximum Gasteiger partial charge on any atom is 0.00963 e. The van der Waals surface area contributed by atoms with Crippen molar-refractivity contribution in [3.8, 4) is 0 Å². The number of unbranched alkanes of at least 4 members (excludes halogenated alkanes) is 1. The minimum atomic E-state index is 0.379. The van der Waals surface area contributed by atoms with Crippen molar-refractivity contribution in [3.05, 3.63) is 0 Å². The monoisotopic (exact) mass is 170 g/mol. The van der Waals surface area contributed by atoms with Crippen molar-refractivity contribution in [2.24, 2.45) is 11.7 Å². The molecule has 3 N–H and O–H groups in total. The maximum absolute atomic E-state index is 5.65. The van der Waals surface area contributed by atoms with E-state index in [9.17, 15) is 0 Å². The van der Waals surface area contributed by atoms with E-state index in [4.69, 9.17) is 5.73 Å². The van der Waals surface area contributed by atoms with Crippen LogP contribution in [0, 0.1) is 5.92 Å². The van der Waals surface area contributed by atoms with Crippen LogP contribution in [0.1, 0.15) is 39.5 Å². The second-order valence-corrected chi connectivity index (χ2v) is 4.25. The lowest BCUT2D eigenvalue weighted by molar-refractivity contribution is 0.555. The fourth-order valence-corrected chi connectivity index (χ4v) is 1.49. The largest absolute Gasteiger partial charge is 0.328 e. The Morgan fingerprint density at radius 1 is 1.50 bits per heavy atom. The van der Waals surface area contributed by atoms with Crippen LogP contribution in [0.25, 0.3) is 0 Å². The molecule has 0 saturated heterocycles. The molecule has 0 amide bonds. The lowest BCUT2D eigenvalue weighted by Crippen LogP contribution is -2.20. The van der Waals surface area contributed by atoms with Gasteiger partial charge in [0, 0.05) is 12.1 Å². The van der Waals surface area contributed by atoms with Crippen molar-refractivity contribution in [1.82, 2.24) is 5.32 Å². The second-order valence-electron chi connectivity index (χ2n) is 4.25. The Morgan fingerprint density at radius 2 is 2.17 bits per heavy atom. The predicted molar refractivity (Wildman–Crippen MR) is 53.1 cm³/mol. The number of hydrogen-bond acceptors (Lipinski definition) is 2. The van der Waals surface area contributed by atoms with E-state index >= 15 is 0 Å². The zero-order valence-corrected chi connectivity index (χ0v) is 8.34. The highest BCUT2D eigenvalue weighted by atomic mass is 15.0. The Morgan fingerprint density at radius 3 is 2.67 bits per heavy atom. The molecule has 1 aliphatic carbocycles. The first-order chi connectivity index (χ1) is 5.70. The van der Waals surface area contributed by atoms with Gasteiger partial charge in [-0.05, 0) is 38.6 Å². The van der Waals surface area contributed by atoms with Crippen LogP contribution >= 0.6 is 0 Å². The average Bonchev–Trinajstić information content (AvgIpc) is 2.65. The van der Waals surface area contributed by atoms with Crippen molar-refractivity contribution in [3.63, 3.8) is 0 Å². The SMILES string of the molecule is CC(N)CCCCNC1CC1C. The fraction of sp³-hybridized carbons (Fsp3) is 1.00. The lowest BCUT2D eigenvalue weighted by Gasteiger charge is -2.05. The Labute approximate surface area is 75.9 Å². The smallest absolute Gasteiger partial charge is 0.00963 e. The van der Waals surface area contributed by atoms with Crippen LogP contribution in [-0.4, -0.2) is 18.6 Å². The van der Waals surface area contributed by atoms with E-state index in [-0.39, 0.29) is 0 Å². The molecule has 3 unspecified atom stereocenters. The Balaban J connectivity index is 1.77. The Kier molecular flexibility index (Phi) is 4.02. The second kappa shape index (κ2) is 4.83. The summed E-state index contributed by atoms with van der Waals surface area (Å²) < 4.78 is 0. The van der Waals surface area contributed by atoms with Gasteiger partial charge in [-0.25, -0.2) is 0 Å². The van der Waals surface area contributed by atoms with Gasteiger partial charge in [0.05, 0.1) is 0 Å². The summed E-state index contributed by atoms with van der Waals surface area (Å²) in [5.41, 5.74) is 5.65. The van der Waals surface area contributed by atoms with Crippen LogP contribution in [0.4, 0.5) is 0 Å². The summed E-state index contributed by atoms with van der Waals surface area (Å²) in [5, 5.41) is 3.54. The van der Waals surface area contributed by atoms with E-state index in [1.807, 2.05) is 0 Å². The van der Waals surface area contributed by atoms with Crippen LogP contribution in [0.5, 0.6) is 0 Å². The molecule has 72 valence electrons. The molecule has 1 fully saturated rings. The highest BCUT2D eigenvalue weighted by Crippen LogP contribution is 2.28. The van der Waals surface area contributed by atoms with Crippen molar-refractivity contribution < 1.29 is 0 Å². The summed E-state index contributed by atoms with van der Waals surface area (Å²) in [7, 11) is 0. The first-order valence-corrected chi connectivity index (χ1v) is 5.19. The molecule has 0 aromatic heterocycles. The minimum absolute atomic E-state index is 0.379. The average molecular weight is 170 g/mol.